The first kappa shape index (κ1) is 24.8. The zero-order valence-electron chi connectivity index (χ0n) is 20.7. The minimum atomic E-state index is 0.624. The molecular formula is C27H52. The number of hydrogen-bond donors (Lipinski definition) is 0. The first-order chi connectivity index (χ1) is 12.4. The molecule has 0 amide bonds. The third-order valence-corrected chi connectivity index (χ3v) is 9.54. The summed E-state index contributed by atoms with van der Waals surface area (Å²) >= 11 is 0. The molecule has 10 atom stereocenters. The van der Waals surface area contributed by atoms with Crippen molar-refractivity contribution in [1.82, 2.24) is 0 Å². The number of allylic oxidation sites excluding steroid dienone is 1. The van der Waals surface area contributed by atoms with E-state index in [1.807, 2.05) is 0 Å². The van der Waals surface area contributed by atoms with Crippen LogP contribution in [0.15, 0.2) is 12.2 Å². The second-order valence-corrected chi connectivity index (χ2v) is 11.0. The molecule has 1 fully saturated rings. The van der Waals surface area contributed by atoms with E-state index in [-0.39, 0.29) is 0 Å². The quantitative estimate of drug-likeness (QED) is 0.353. The van der Waals surface area contributed by atoms with Gasteiger partial charge in [0, 0.05) is 0 Å². The normalized spacial score (nSPS) is 33.2. The third kappa shape index (κ3) is 5.63. The van der Waals surface area contributed by atoms with Gasteiger partial charge in [0.05, 0.1) is 0 Å². The van der Waals surface area contributed by atoms with Gasteiger partial charge in [0.25, 0.3) is 0 Å². The molecule has 10 unspecified atom stereocenters. The molecule has 160 valence electrons. The van der Waals surface area contributed by atoms with Gasteiger partial charge < -0.3 is 0 Å². The van der Waals surface area contributed by atoms with E-state index < -0.39 is 0 Å². The maximum Gasteiger partial charge on any atom is -0.0175 e. The lowest BCUT2D eigenvalue weighted by atomic mass is 9.60. The van der Waals surface area contributed by atoms with Crippen molar-refractivity contribution in [2.75, 3.05) is 0 Å². The molecule has 0 bridgehead atoms. The zero-order chi connectivity index (χ0) is 21.0. The van der Waals surface area contributed by atoms with Crippen LogP contribution in [-0.4, -0.2) is 0 Å². The van der Waals surface area contributed by atoms with Crippen LogP contribution in [0.4, 0.5) is 0 Å². The lowest BCUT2D eigenvalue weighted by molar-refractivity contribution is 0.0793. The van der Waals surface area contributed by atoms with Gasteiger partial charge in [-0.2, -0.15) is 0 Å². The van der Waals surface area contributed by atoms with Crippen LogP contribution in [0.5, 0.6) is 0 Å². The Hall–Kier alpha value is -0.260. The smallest absolute Gasteiger partial charge is 0.0175 e. The largest absolute Gasteiger partial charge is 0.0993 e. The molecular weight excluding hydrogens is 324 g/mol. The Labute approximate surface area is 173 Å². The van der Waals surface area contributed by atoms with E-state index in [9.17, 15) is 0 Å². The fourth-order valence-electron chi connectivity index (χ4n) is 6.13. The van der Waals surface area contributed by atoms with Gasteiger partial charge >= 0.3 is 0 Å². The minimum absolute atomic E-state index is 0.624. The van der Waals surface area contributed by atoms with Crippen molar-refractivity contribution < 1.29 is 0 Å². The molecule has 0 saturated heterocycles. The molecule has 0 radical (unpaired) electrons. The summed E-state index contributed by atoms with van der Waals surface area (Å²) in [6.45, 7) is 31.8. The van der Waals surface area contributed by atoms with E-state index in [2.05, 4.69) is 76.2 Å². The van der Waals surface area contributed by atoms with Crippen molar-refractivity contribution in [2.24, 2.45) is 65.1 Å². The summed E-state index contributed by atoms with van der Waals surface area (Å²) in [7, 11) is 0. The molecule has 0 aromatic rings. The highest BCUT2D eigenvalue weighted by Gasteiger charge is 2.39. The van der Waals surface area contributed by atoms with Gasteiger partial charge in [-0.3, -0.25) is 0 Å². The van der Waals surface area contributed by atoms with Crippen LogP contribution in [0.1, 0.15) is 95.4 Å². The molecule has 0 aromatic heterocycles. The van der Waals surface area contributed by atoms with Crippen LogP contribution >= 0.6 is 0 Å². The van der Waals surface area contributed by atoms with Crippen molar-refractivity contribution in [3.05, 3.63) is 12.2 Å². The van der Waals surface area contributed by atoms with E-state index in [1.54, 1.807) is 5.57 Å². The zero-order valence-corrected chi connectivity index (χ0v) is 20.7. The van der Waals surface area contributed by atoms with Gasteiger partial charge in [-0.05, 0) is 77.9 Å². The van der Waals surface area contributed by atoms with E-state index in [0.717, 1.165) is 53.3 Å². The highest BCUT2D eigenvalue weighted by atomic mass is 14.4. The van der Waals surface area contributed by atoms with Crippen LogP contribution in [-0.2, 0) is 0 Å². The van der Waals surface area contributed by atoms with Crippen molar-refractivity contribution in [2.45, 2.75) is 95.4 Å². The summed E-state index contributed by atoms with van der Waals surface area (Å²) in [5.74, 6) is 8.43. The van der Waals surface area contributed by atoms with Gasteiger partial charge in [0.2, 0.25) is 0 Å². The molecule has 0 N–H and O–H groups in total. The highest BCUT2D eigenvalue weighted by Crippen LogP contribution is 2.47. The van der Waals surface area contributed by atoms with Crippen LogP contribution in [0, 0.1) is 65.1 Å². The Morgan fingerprint density at radius 3 is 1.85 bits per heavy atom. The van der Waals surface area contributed by atoms with Crippen LogP contribution in [0.2, 0.25) is 0 Å². The average Bonchev–Trinajstić information content (AvgIpc) is 2.63. The summed E-state index contributed by atoms with van der Waals surface area (Å²) in [5, 5.41) is 0. The summed E-state index contributed by atoms with van der Waals surface area (Å²) in [4.78, 5) is 0. The maximum absolute atomic E-state index is 4.72. The molecule has 0 spiro atoms. The Balaban J connectivity index is 3.00. The molecule has 1 saturated carbocycles. The van der Waals surface area contributed by atoms with Gasteiger partial charge in [-0.15, -0.1) is 0 Å². The minimum Gasteiger partial charge on any atom is -0.0993 e. The summed E-state index contributed by atoms with van der Waals surface area (Å²) in [6.07, 6.45) is 4.03. The van der Waals surface area contributed by atoms with Crippen molar-refractivity contribution >= 4 is 0 Å². The second-order valence-electron chi connectivity index (χ2n) is 11.0. The molecule has 1 aliphatic carbocycles. The van der Waals surface area contributed by atoms with Crippen molar-refractivity contribution in [1.29, 1.82) is 0 Å². The lowest BCUT2D eigenvalue weighted by Crippen LogP contribution is -2.37. The molecule has 0 nitrogen and oxygen atoms in total. The second kappa shape index (κ2) is 10.5. The Morgan fingerprint density at radius 1 is 0.815 bits per heavy atom. The summed E-state index contributed by atoms with van der Waals surface area (Å²) in [5.41, 5.74) is 1.56. The Bertz CT molecular complexity index is 447. The summed E-state index contributed by atoms with van der Waals surface area (Å²) in [6, 6.07) is 0. The van der Waals surface area contributed by atoms with Crippen LogP contribution in [0.3, 0.4) is 0 Å². The van der Waals surface area contributed by atoms with E-state index >= 15 is 0 Å². The standard InChI is InChI=1S/C27H52/c1-13-17(4)27(24(11)19(6)16(2)3)25(12)21(8)23(10)26-15-14-18(5)20(7)22(26)9/h16-22,24-27H,10,13-15H2,1-9,11-12H3. The first-order valence-electron chi connectivity index (χ1n) is 12.1. The van der Waals surface area contributed by atoms with E-state index in [0.29, 0.717) is 11.8 Å². The molecule has 0 heterocycles. The lowest BCUT2D eigenvalue weighted by Gasteiger charge is -2.45. The molecule has 0 aromatic carbocycles. The van der Waals surface area contributed by atoms with Crippen LogP contribution in [0.25, 0.3) is 0 Å². The van der Waals surface area contributed by atoms with Gasteiger partial charge in [0.15, 0.2) is 0 Å². The van der Waals surface area contributed by atoms with Gasteiger partial charge in [0.1, 0.15) is 0 Å². The SMILES string of the molecule is C=C(C(C)C(C)C(C(C)CC)C(C)C(C)C(C)C)C1CCC(C)C(C)C1C. The Kier molecular flexibility index (Phi) is 9.63. The number of hydrogen-bond acceptors (Lipinski definition) is 0. The van der Waals surface area contributed by atoms with Gasteiger partial charge in [-0.25, -0.2) is 0 Å². The van der Waals surface area contributed by atoms with Crippen molar-refractivity contribution in [3.8, 4) is 0 Å². The molecule has 27 heavy (non-hydrogen) atoms. The molecule has 0 heteroatoms. The predicted molar refractivity (Wildman–Crippen MR) is 124 cm³/mol. The Morgan fingerprint density at radius 2 is 1.37 bits per heavy atom. The summed E-state index contributed by atoms with van der Waals surface area (Å²) < 4.78 is 0. The van der Waals surface area contributed by atoms with E-state index in [1.165, 1.54) is 19.3 Å². The maximum atomic E-state index is 4.72. The fourth-order valence-corrected chi connectivity index (χ4v) is 6.13. The van der Waals surface area contributed by atoms with Crippen LogP contribution < -0.4 is 0 Å². The van der Waals surface area contributed by atoms with Gasteiger partial charge in [-0.1, -0.05) is 94.7 Å². The first-order valence-corrected chi connectivity index (χ1v) is 12.1. The molecule has 1 aliphatic rings. The van der Waals surface area contributed by atoms with Crippen molar-refractivity contribution in [3.63, 3.8) is 0 Å². The topological polar surface area (TPSA) is 0 Å². The van der Waals surface area contributed by atoms with E-state index in [4.69, 9.17) is 6.58 Å². The fraction of sp³-hybridized carbons (Fsp3) is 0.926. The number of rotatable bonds is 9. The average molecular weight is 377 g/mol. The molecule has 0 aliphatic heterocycles. The predicted octanol–water partition coefficient (Wildman–Crippen LogP) is 8.72. The highest BCUT2D eigenvalue weighted by molar-refractivity contribution is 5.10. The monoisotopic (exact) mass is 376 g/mol. The molecule has 1 rings (SSSR count). The third-order valence-electron chi connectivity index (χ3n) is 9.54.